The van der Waals surface area contributed by atoms with Crippen LogP contribution in [-0.2, 0) is 0 Å². The van der Waals surface area contributed by atoms with Crippen LogP contribution in [0.4, 0.5) is 5.69 Å². The highest BCUT2D eigenvalue weighted by atomic mass is 79.9. The van der Waals surface area contributed by atoms with Gasteiger partial charge in [0.15, 0.2) is 0 Å². The predicted octanol–water partition coefficient (Wildman–Crippen LogP) is 5.36. The topological polar surface area (TPSA) is 12.4 Å². The van der Waals surface area contributed by atoms with Crippen LogP contribution in [0, 0.1) is 0 Å². The van der Waals surface area contributed by atoms with Gasteiger partial charge in [-0.05, 0) is 41.6 Å². The van der Waals surface area contributed by atoms with Gasteiger partial charge in [0.25, 0.3) is 0 Å². The number of hydrogen-bond donors (Lipinski definition) is 0. The van der Waals surface area contributed by atoms with Crippen molar-refractivity contribution in [2.75, 3.05) is 0 Å². The van der Waals surface area contributed by atoms with Crippen molar-refractivity contribution in [1.82, 2.24) is 0 Å². The van der Waals surface area contributed by atoms with Gasteiger partial charge in [-0.25, -0.2) is 0 Å². The largest absolute Gasteiger partial charge is 0.264 e. The summed E-state index contributed by atoms with van der Waals surface area (Å²) in [5.74, 6) is 0. The number of benzene rings is 2. The molecule has 2 heteroatoms. The summed E-state index contributed by atoms with van der Waals surface area (Å²) in [5.41, 5.74) is 3.11. The van der Waals surface area contributed by atoms with Gasteiger partial charge in [-0.1, -0.05) is 47.6 Å². The van der Waals surface area contributed by atoms with Crippen LogP contribution in [0.2, 0.25) is 0 Å². The summed E-state index contributed by atoms with van der Waals surface area (Å²) >= 11 is 3.57. The van der Waals surface area contributed by atoms with E-state index in [0.29, 0.717) is 0 Å². The standard InChI is InChI=1S/C15H14BrN/c1-4-10(2)15-12-6-5-7-13(16)11(12)8-9-14(15)17-3/h5-9H,2-4H2,1H3. The zero-order chi connectivity index (χ0) is 12.4. The number of nitrogens with zero attached hydrogens (tertiary/aromatic N) is 1. The van der Waals surface area contributed by atoms with Crippen molar-refractivity contribution in [3.05, 3.63) is 46.9 Å². The molecule has 0 saturated carbocycles. The lowest BCUT2D eigenvalue weighted by Gasteiger charge is -2.12. The number of fused-ring (bicyclic) bond motifs is 1. The van der Waals surface area contributed by atoms with Crippen molar-refractivity contribution in [2.24, 2.45) is 4.99 Å². The number of halogens is 1. The molecule has 0 N–H and O–H groups in total. The number of aliphatic imine (C=N–C) groups is 1. The maximum Gasteiger partial charge on any atom is 0.0703 e. The van der Waals surface area contributed by atoms with Crippen LogP contribution in [0.1, 0.15) is 18.9 Å². The van der Waals surface area contributed by atoms with Crippen LogP contribution in [-0.4, -0.2) is 6.72 Å². The van der Waals surface area contributed by atoms with Crippen molar-refractivity contribution < 1.29 is 0 Å². The normalized spacial score (nSPS) is 10.5. The smallest absolute Gasteiger partial charge is 0.0703 e. The van der Waals surface area contributed by atoms with E-state index in [2.05, 4.69) is 53.3 Å². The van der Waals surface area contributed by atoms with Crippen LogP contribution in [0.25, 0.3) is 16.3 Å². The minimum absolute atomic E-state index is 0.905. The molecule has 0 fully saturated rings. The van der Waals surface area contributed by atoms with Gasteiger partial charge < -0.3 is 0 Å². The van der Waals surface area contributed by atoms with E-state index in [1.807, 2.05) is 18.2 Å². The molecular formula is C15H14BrN. The van der Waals surface area contributed by atoms with E-state index in [-0.39, 0.29) is 0 Å². The van der Waals surface area contributed by atoms with Crippen LogP contribution in [0.3, 0.4) is 0 Å². The van der Waals surface area contributed by atoms with Crippen LogP contribution in [0.15, 0.2) is 46.4 Å². The first-order chi connectivity index (χ1) is 8.19. The molecule has 0 atom stereocenters. The van der Waals surface area contributed by atoms with Crippen molar-refractivity contribution >= 4 is 44.7 Å². The molecule has 0 spiro atoms. The van der Waals surface area contributed by atoms with E-state index in [1.165, 1.54) is 10.8 Å². The van der Waals surface area contributed by atoms with Crippen molar-refractivity contribution in [3.63, 3.8) is 0 Å². The van der Waals surface area contributed by atoms with Crippen LogP contribution < -0.4 is 0 Å². The average molecular weight is 288 g/mol. The minimum Gasteiger partial charge on any atom is -0.264 e. The Hall–Kier alpha value is -1.41. The molecule has 2 rings (SSSR count). The highest BCUT2D eigenvalue weighted by Gasteiger charge is 2.10. The molecular weight excluding hydrogens is 274 g/mol. The second kappa shape index (κ2) is 4.84. The van der Waals surface area contributed by atoms with Crippen molar-refractivity contribution in [3.8, 4) is 0 Å². The first-order valence-electron chi connectivity index (χ1n) is 5.55. The number of hydrogen-bond acceptors (Lipinski definition) is 1. The zero-order valence-corrected chi connectivity index (χ0v) is 11.4. The minimum atomic E-state index is 0.905. The molecule has 0 aromatic heterocycles. The van der Waals surface area contributed by atoms with E-state index in [1.54, 1.807) is 0 Å². The molecule has 0 aliphatic carbocycles. The summed E-state index contributed by atoms with van der Waals surface area (Å²) in [7, 11) is 0. The maximum atomic E-state index is 4.13. The molecule has 86 valence electrons. The molecule has 0 aliphatic rings. The van der Waals surface area contributed by atoms with Crippen LogP contribution in [0.5, 0.6) is 0 Å². The van der Waals surface area contributed by atoms with Gasteiger partial charge >= 0.3 is 0 Å². The second-order valence-electron chi connectivity index (χ2n) is 3.91. The molecule has 17 heavy (non-hydrogen) atoms. The molecule has 2 aromatic rings. The molecule has 2 aromatic carbocycles. The zero-order valence-electron chi connectivity index (χ0n) is 9.83. The fraction of sp³-hybridized carbons (Fsp3) is 0.133. The predicted molar refractivity (Wildman–Crippen MR) is 80.2 cm³/mol. The summed E-state index contributed by atoms with van der Waals surface area (Å²) in [5, 5.41) is 2.36. The van der Waals surface area contributed by atoms with Crippen molar-refractivity contribution in [2.45, 2.75) is 13.3 Å². The Kier molecular flexibility index (Phi) is 3.43. The average Bonchev–Trinajstić information content (AvgIpc) is 2.37. The Morgan fingerprint density at radius 3 is 2.65 bits per heavy atom. The second-order valence-corrected chi connectivity index (χ2v) is 4.76. The lowest BCUT2D eigenvalue weighted by molar-refractivity contribution is 1.25. The Morgan fingerprint density at radius 1 is 1.24 bits per heavy atom. The summed E-state index contributed by atoms with van der Waals surface area (Å²) in [6, 6.07) is 10.2. The number of allylic oxidation sites excluding steroid dienone is 1. The van der Waals surface area contributed by atoms with Gasteiger partial charge in [0.1, 0.15) is 0 Å². The lowest BCUT2D eigenvalue weighted by atomic mass is 9.96. The molecule has 0 amide bonds. The Bertz CT molecular complexity index is 599. The third kappa shape index (κ3) is 2.05. The van der Waals surface area contributed by atoms with Gasteiger partial charge in [-0.2, -0.15) is 0 Å². The number of rotatable bonds is 3. The first kappa shape index (κ1) is 12.1. The van der Waals surface area contributed by atoms with E-state index in [4.69, 9.17) is 0 Å². The van der Waals surface area contributed by atoms with E-state index >= 15 is 0 Å². The van der Waals surface area contributed by atoms with Gasteiger partial charge in [0, 0.05) is 10.0 Å². The Balaban J connectivity index is 2.88. The van der Waals surface area contributed by atoms with Gasteiger partial charge in [-0.3, -0.25) is 4.99 Å². The molecule has 0 unspecified atom stereocenters. The fourth-order valence-corrected chi connectivity index (χ4v) is 2.49. The lowest BCUT2D eigenvalue weighted by Crippen LogP contribution is -1.86. The fourth-order valence-electron chi connectivity index (χ4n) is 1.99. The summed E-state index contributed by atoms with van der Waals surface area (Å²) in [6.45, 7) is 9.87. The third-order valence-corrected chi connectivity index (χ3v) is 3.63. The van der Waals surface area contributed by atoms with Gasteiger partial charge in [-0.15, -0.1) is 0 Å². The van der Waals surface area contributed by atoms with Crippen LogP contribution >= 0.6 is 15.9 Å². The summed E-state index contributed by atoms with van der Waals surface area (Å²) < 4.78 is 1.09. The highest BCUT2D eigenvalue weighted by molar-refractivity contribution is 9.10. The Labute approximate surface area is 110 Å². The quantitative estimate of drug-likeness (QED) is 0.674. The Morgan fingerprint density at radius 2 is 2.00 bits per heavy atom. The molecule has 0 radical (unpaired) electrons. The monoisotopic (exact) mass is 287 g/mol. The third-order valence-electron chi connectivity index (χ3n) is 2.94. The summed E-state index contributed by atoms with van der Waals surface area (Å²) in [4.78, 5) is 4.09. The van der Waals surface area contributed by atoms with Crippen molar-refractivity contribution in [1.29, 1.82) is 0 Å². The van der Waals surface area contributed by atoms with E-state index in [0.717, 1.165) is 27.7 Å². The summed E-state index contributed by atoms with van der Waals surface area (Å²) in [6.07, 6.45) is 0.911. The molecule has 0 heterocycles. The first-order valence-corrected chi connectivity index (χ1v) is 6.34. The highest BCUT2D eigenvalue weighted by Crippen LogP contribution is 2.36. The molecule has 0 bridgehead atoms. The SMILES string of the molecule is C=Nc1ccc2c(Br)cccc2c1C(=C)CC. The van der Waals surface area contributed by atoms with E-state index < -0.39 is 0 Å². The van der Waals surface area contributed by atoms with E-state index in [9.17, 15) is 0 Å². The molecule has 0 aliphatic heterocycles. The molecule has 1 nitrogen and oxygen atoms in total. The van der Waals surface area contributed by atoms with Gasteiger partial charge in [0.05, 0.1) is 5.69 Å². The van der Waals surface area contributed by atoms with Gasteiger partial charge in [0.2, 0.25) is 0 Å². The molecule has 0 saturated heterocycles. The maximum absolute atomic E-state index is 4.13.